The van der Waals surface area contributed by atoms with E-state index < -0.39 is 0 Å². The summed E-state index contributed by atoms with van der Waals surface area (Å²) in [5, 5.41) is 9.75. The molecule has 1 heterocycles. The normalized spacial score (nSPS) is 11.5. The Morgan fingerprint density at radius 1 is 0.909 bits per heavy atom. The summed E-state index contributed by atoms with van der Waals surface area (Å²) in [6.07, 6.45) is 6.68. The standard InChI is InChI=1S/C17H14N4O/c22-16-8-4-1-5-13(16)11-20-14-6-2-3-7-15(14)21-12-17-18-9-10-19-17/h1-12,22H,(H,18,19). The van der Waals surface area contributed by atoms with Crippen LogP contribution in [-0.2, 0) is 0 Å². The summed E-state index contributed by atoms with van der Waals surface area (Å²) in [6, 6.07) is 14.6. The quantitative estimate of drug-likeness (QED) is 0.720. The molecule has 108 valence electrons. The highest BCUT2D eigenvalue weighted by molar-refractivity contribution is 5.87. The van der Waals surface area contributed by atoms with Crippen molar-refractivity contribution < 1.29 is 5.11 Å². The van der Waals surface area contributed by atoms with Gasteiger partial charge in [-0.15, -0.1) is 0 Å². The number of phenols is 1. The number of imidazole rings is 1. The van der Waals surface area contributed by atoms with Crippen LogP contribution >= 0.6 is 0 Å². The number of nitrogens with zero attached hydrogens (tertiary/aromatic N) is 3. The van der Waals surface area contributed by atoms with Crippen molar-refractivity contribution in [2.75, 3.05) is 0 Å². The first kappa shape index (κ1) is 13.8. The monoisotopic (exact) mass is 290 g/mol. The maximum atomic E-state index is 9.75. The number of phenolic OH excluding ortho intramolecular Hbond substituents is 1. The number of rotatable bonds is 4. The molecule has 0 fully saturated rings. The summed E-state index contributed by atoms with van der Waals surface area (Å²) in [6.45, 7) is 0. The zero-order valence-corrected chi connectivity index (χ0v) is 11.7. The largest absolute Gasteiger partial charge is 0.507 e. The predicted molar refractivity (Wildman–Crippen MR) is 87.6 cm³/mol. The van der Waals surface area contributed by atoms with Crippen LogP contribution in [0.1, 0.15) is 11.4 Å². The Kier molecular flexibility index (Phi) is 4.06. The van der Waals surface area contributed by atoms with Crippen molar-refractivity contribution in [2.24, 2.45) is 9.98 Å². The second-order valence-electron chi connectivity index (χ2n) is 4.54. The third kappa shape index (κ3) is 3.27. The average molecular weight is 290 g/mol. The van der Waals surface area contributed by atoms with E-state index in [1.165, 1.54) is 0 Å². The van der Waals surface area contributed by atoms with Crippen LogP contribution in [0.15, 0.2) is 70.9 Å². The lowest BCUT2D eigenvalue weighted by Gasteiger charge is -2.00. The summed E-state index contributed by atoms with van der Waals surface area (Å²) in [7, 11) is 0. The molecule has 0 aliphatic rings. The fraction of sp³-hybridized carbons (Fsp3) is 0. The van der Waals surface area contributed by atoms with E-state index >= 15 is 0 Å². The number of para-hydroxylation sites is 3. The van der Waals surface area contributed by atoms with E-state index in [1.54, 1.807) is 43.0 Å². The van der Waals surface area contributed by atoms with Crippen LogP contribution in [0.4, 0.5) is 11.4 Å². The lowest BCUT2D eigenvalue weighted by Crippen LogP contribution is -1.83. The molecule has 2 aromatic carbocycles. The molecule has 2 N–H and O–H groups in total. The van der Waals surface area contributed by atoms with Crippen LogP contribution in [0.5, 0.6) is 5.75 Å². The first-order valence-corrected chi connectivity index (χ1v) is 6.77. The summed E-state index contributed by atoms with van der Waals surface area (Å²) in [4.78, 5) is 15.8. The van der Waals surface area contributed by atoms with Crippen molar-refractivity contribution >= 4 is 23.8 Å². The Morgan fingerprint density at radius 2 is 1.59 bits per heavy atom. The molecule has 1 aromatic heterocycles. The average Bonchev–Trinajstić information content (AvgIpc) is 3.06. The number of H-pyrrole nitrogens is 1. The summed E-state index contributed by atoms with van der Waals surface area (Å²) in [5.41, 5.74) is 2.10. The molecule has 0 amide bonds. The van der Waals surface area contributed by atoms with Crippen molar-refractivity contribution in [3.05, 3.63) is 72.3 Å². The van der Waals surface area contributed by atoms with Gasteiger partial charge in [-0.25, -0.2) is 4.98 Å². The molecule has 0 saturated heterocycles. The SMILES string of the molecule is Oc1ccccc1C=Nc1ccccc1N=Cc1ncc[nH]1. The van der Waals surface area contributed by atoms with Crippen molar-refractivity contribution in [2.45, 2.75) is 0 Å². The van der Waals surface area contributed by atoms with Crippen molar-refractivity contribution in [3.63, 3.8) is 0 Å². The summed E-state index contributed by atoms with van der Waals surface area (Å²) in [5.74, 6) is 0.877. The van der Waals surface area contributed by atoms with E-state index in [1.807, 2.05) is 30.3 Å². The van der Waals surface area contributed by atoms with E-state index in [9.17, 15) is 5.11 Å². The van der Waals surface area contributed by atoms with E-state index in [0.717, 1.165) is 5.69 Å². The van der Waals surface area contributed by atoms with Crippen LogP contribution in [-0.4, -0.2) is 27.5 Å². The smallest absolute Gasteiger partial charge is 0.148 e. The van der Waals surface area contributed by atoms with Gasteiger partial charge in [0.05, 0.1) is 17.6 Å². The van der Waals surface area contributed by atoms with Gasteiger partial charge in [0.2, 0.25) is 0 Å². The molecule has 0 unspecified atom stereocenters. The van der Waals surface area contributed by atoms with Crippen molar-refractivity contribution in [1.29, 1.82) is 0 Å². The molecule has 5 nitrogen and oxygen atoms in total. The molecule has 0 spiro atoms. The molecule has 0 atom stereocenters. The number of aromatic hydroxyl groups is 1. The van der Waals surface area contributed by atoms with Crippen LogP contribution in [0, 0.1) is 0 Å². The molecule has 3 aromatic rings. The Balaban J connectivity index is 1.87. The van der Waals surface area contributed by atoms with E-state index in [-0.39, 0.29) is 5.75 Å². The van der Waals surface area contributed by atoms with Gasteiger partial charge in [0, 0.05) is 24.2 Å². The molecule has 22 heavy (non-hydrogen) atoms. The molecule has 0 aliphatic carbocycles. The summed E-state index contributed by atoms with van der Waals surface area (Å²) < 4.78 is 0. The second kappa shape index (κ2) is 6.49. The first-order valence-electron chi connectivity index (χ1n) is 6.77. The van der Waals surface area contributed by atoms with Gasteiger partial charge < -0.3 is 10.1 Å². The third-order valence-corrected chi connectivity index (χ3v) is 3.01. The predicted octanol–water partition coefficient (Wildman–Crippen LogP) is 3.62. The lowest BCUT2D eigenvalue weighted by atomic mass is 10.2. The highest BCUT2D eigenvalue weighted by Gasteiger charge is 1.99. The molecule has 0 saturated carbocycles. The number of aromatic nitrogens is 2. The van der Waals surface area contributed by atoms with E-state index in [2.05, 4.69) is 20.0 Å². The fourth-order valence-electron chi connectivity index (χ4n) is 1.90. The molecule has 0 aliphatic heterocycles. The van der Waals surface area contributed by atoms with Crippen LogP contribution < -0.4 is 0 Å². The minimum atomic E-state index is 0.197. The van der Waals surface area contributed by atoms with Gasteiger partial charge >= 0.3 is 0 Å². The van der Waals surface area contributed by atoms with Crippen LogP contribution in [0.2, 0.25) is 0 Å². The van der Waals surface area contributed by atoms with Crippen molar-refractivity contribution in [1.82, 2.24) is 9.97 Å². The topological polar surface area (TPSA) is 73.6 Å². The van der Waals surface area contributed by atoms with Gasteiger partial charge in [-0.2, -0.15) is 0 Å². The Morgan fingerprint density at radius 3 is 2.27 bits per heavy atom. The number of nitrogens with one attached hydrogen (secondary N) is 1. The number of hydrogen-bond acceptors (Lipinski definition) is 4. The van der Waals surface area contributed by atoms with E-state index in [0.29, 0.717) is 17.1 Å². The number of aromatic amines is 1. The van der Waals surface area contributed by atoms with Crippen molar-refractivity contribution in [3.8, 4) is 5.75 Å². The molecule has 5 heteroatoms. The summed E-state index contributed by atoms with van der Waals surface area (Å²) >= 11 is 0. The fourth-order valence-corrected chi connectivity index (χ4v) is 1.90. The number of aliphatic imine (C=N–C) groups is 2. The minimum absolute atomic E-state index is 0.197. The van der Waals surface area contributed by atoms with Gasteiger partial charge in [0.15, 0.2) is 0 Å². The highest BCUT2D eigenvalue weighted by Crippen LogP contribution is 2.27. The molecule has 3 rings (SSSR count). The maximum absolute atomic E-state index is 9.75. The minimum Gasteiger partial charge on any atom is -0.507 e. The second-order valence-corrected chi connectivity index (χ2v) is 4.54. The Labute approximate surface area is 127 Å². The van der Waals surface area contributed by atoms with Crippen LogP contribution in [0.25, 0.3) is 0 Å². The number of hydrogen-bond donors (Lipinski definition) is 2. The van der Waals surface area contributed by atoms with E-state index in [4.69, 9.17) is 0 Å². The first-order chi connectivity index (χ1) is 10.8. The van der Waals surface area contributed by atoms with Crippen LogP contribution in [0.3, 0.4) is 0 Å². The zero-order chi connectivity index (χ0) is 15.2. The molecular formula is C17H14N4O. The molecule has 0 bridgehead atoms. The maximum Gasteiger partial charge on any atom is 0.148 e. The Hall–Kier alpha value is -3.21. The highest BCUT2D eigenvalue weighted by atomic mass is 16.3. The van der Waals surface area contributed by atoms with Gasteiger partial charge in [-0.3, -0.25) is 9.98 Å². The van der Waals surface area contributed by atoms with Gasteiger partial charge in [-0.05, 0) is 24.3 Å². The van der Waals surface area contributed by atoms with Gasteiger partial charge in [-0.1, -0.05) is 24.3 Å². The Bertz CT molecular complexity index is 807. The molecular weight excluding hydrogens is 276 g/mol. The third-order valence-electron chi connectivity index (χ3n) is 3.01. The lowest BCUT2D eigenvalue weighted by molar-refractivity contribution is 0.474. The number of benzene rings is 2. The zero-order valence-electron chi connectivity index (χ0n) is 11.7. The van der Waals surface area contributed by atoms with Gasteiger partial charge in [0.25, 0.3) is 0 Å². The molecule has 0 radical (unpaired) electrons. The van der Waals surface area contributed by atoms with Gasteiger partial charge in [0.1, 0.15) is 11.6 Å².